The number of anilines is 1. The normalized spacial score (nSPS) is 10.1. The largest absolute Gasteiger partial charge is 0.466 e. The van der Waals surface area contributed by atoms with Crippen molar-refractivity contribution < 1.29 is 14.3 Å². The van der Waals surface area contributed by atoms with Crippen molar-refractivity contribution in [3.05, 3.63) is 35.9 Å². The molecule has 0 heterocycles. The molecule has 0 aliphatic carbocycles. The second-order valence-electron chi connectivity index (χ2n) is 2.97. The van der Waals surface area contributed by atoms with Gasteiger partial charge in [-0.25, -0.2) is 9.59 Å². The lowest BCUT2D eigenvalue weighted by Gasteiger charge is -2.01. The number of methoxy groups -OCH3 is 1. The number of ether oxygens (including phenoxy) is 1. The summed E-state index contributed by atoms with van der Waals surface area (Å²) >= 11 is 0. The highest BCUT2D eigenvalue weighted by Gasteiger charge is 1.97. The number of carbonyl (C=O) groups is 2. The Hall–Kier alpha value is -2.30. The van der Waals surface area contributed by atoms with Crippen LogP contribution in [0.1, 0.15) is 5.56 Å². The summed E-state index contributed by atoms with van der Waals surface area (Å²) in [6.07, 6.45) is 2.88. The van der Waals surface area contributed by atoms with E-state index in [-0.39, 0.29) is 0 Å². The first-order valence-electron chi connectivity index (χ1n) is 4.54. The molecule has 0 spiro atoms. The number of amides is 2. The van der Waals surface area contributed by atoms with Crippen LogP contribution in [0.3, 0.4) is 0 Å². The van der Waals surface area contributed by atoms with E-state index in [1.54, 1.807) is 30.3 Å². The maximum absolute atomic E-state index is 10.8. The van der Waals surface area contributed by atoms with E-state index in [1.807, 2.05) is 0 Å². The molecule has 0 aromatic heterocycles. The van der Waals surface area contributed by atoms with Crippen LogP contribution in [-0.4, -0.2) is 19.1 Å². The van der Waals surface area contributed by atoms with E-state index in [0.29, 0.717) is 5.69 Å². The van der Waals surface area contributed by atoms with E-state index < -0.39 is 12.0 Å². The van der Waals surface area contributed by atoms with E-state index in [9.17, 15) is 9.59 Å². The first-order chi connectivity index (χ1) is 7.61. The summed E-state index contributed by atoms with van der Waals surface area (Å²) in [6.45, 7) is 0. The first-order valence-corrected chi connectivity index (χ1v) is 4.54. The molecule has 84 valence electrons. The summed E-state index contributed by atoms with van der Waals surface area (Å²) in [5, 5.41) is 2.44. The van der Waals surface area contributed by atoms with Gasteiger partial charge in [0.2, 0.25) is 0 Å². The molecule has 0 atom stereocenters. The monoisotopic (exact) mass is 220 g/mol. The molecular formula is C11H12N2O3. The fourth-order valence-corrected chi connectivity index (χ4v) is 1.09. The highest BCUT2D eigenvalue weighted by atomic mass is 16.5. The quantitative estimate of drug-likeness (QED) is 0.596. The number of nitrogens with two attached hydrogens (primary N) is 1. The average Bonchev–Trinajstić information content (AvgIpc) is 2.25. The molecule has 0 aliphatic heterocycles. The molecule has 5 nitrogen and oxygen atoms in total. The van der Waals surface area contributed by atoms with Crippen molar-refractivity contribution in [2.24, 2.45) is 5.73 Å². The van der Waals surface area contributed by atoms with Crippen molar-refractivity contribution in [3.63, 3.8) is 0 Å². The van der Waals surface area contributed by atoms with Gasteiger partial charge in [-0.05, 0) is 23.8 Å². The molecule has 1 aromatic rings. The van der Waals surface area contributed by atoms with Gasteiger partial charge in [0.25, 0.3) is 0 Å². The Labute approximate surface area is 92.9 Å². The van der Waals surface area contributed by atoms with Gasteiger partial charge in [-0.15, -0.1) is 0 Å². The Morgan fingerprint density at radius 1 is 1.44 bits per heavy atom. The number of primary amides is 1. The van der Waals surface area contributed by atoms with Gasteiger partial charge in [0, 0.05) is 11.8 Å². The van der Waals surface area contributed by atoms with Crippen molar-refractivity contribution >= 4 is 23.8 Å². The zero-order chi connectivity index (χ0) is 12.0. The van der Waals surface area contributed by atoms with Crippen LogP contribution < -0.4 is 11.1 Å². The minimum Gasteiger partial charge on any atom is -0.466 e. The summed E-state index contributed by atoms with van der Waals surface area (Å²) in [5.41, 5.74) is 6.31. The van der Waals surface area contributed by atoms with E-state index in [1.165, 1.54) is 13.2 Å². The van der Waals surface area contributed by atoms with Crippen molar-refractivity contribution in [1.82, 2.24) is 0 Å². The Morgan fingerprint density at radius 3 is 2.81 bits per heavy atom. The summed E-state index contributed by atoms with van der Waals surface area (Å²) in [5.74, 6) is -0.437. The standard InChI is InChI=1S/C11H12N2O3/c1-16-10(14)6-5-8-3-2-4-9(7-8)13-11(12)15/h2-7H,1H3,(H3,12,13,15)/b6-5+. The molecule has 0 unspecified atom stereocenters. The van der Waals surface area contributed by atoms with Crippen molar-refractivity contribution in [3.8, 4) is 0 Å². The summed E-state index contributed by atoms with van der Waals surface area (Å²) < 4.78 is 4.45. The van der Waals surface area contributed by atoms with Crippen LogP contribution in [0.4, 0.5) is 10.5 Å². The molecule has 0 saturated heterocycles. The highest BCUT2D eigenvalue weighted by Crippen LogP contribution is 2.11. The number of urea groups is 1. The second kappa shape index (κ2) is 5.55. The Bertz CT molecular complexity index is 427. The third-order valence-electron chi connectivity index (χ3n) is 1.77. The third-order valence-corrected chi connectivity index (χ3v) is 1.77. The first kappa shape index (κ1) is 11.8. The lowest BCUT2D eigenvalue weighted by molar-refractivity contribution is -0.134. The van der Waals surface area contributed by atoms with Gasteiger partial charge >= 0.3 is 12.0 Å². The van der Waals surface area contributed by atoms with Gasteiger partial charge in [-0.2, -0.15) is 0 Å². The topological polar surface area (TPSA) is 81.4 Å². The third kappa shape index (κ3) is 3.83. The smallest absolute Gasteiger partial charge is 0.330 e. The van der Waals surface area contributed by atoms with Crippen LogP contribution >= 0.6 is 0 Å². The molecule has 0 radical (unpaired) electrons. The summed E-state index contributed by atoms with van der Waals surface area (Å²) in [4.78, 5) is 21.5. The predicted molar refractivity (Wildman–Crippen MR) is 60.7 cm³/mol. The summed E-state index contributed by atoms with van der Waals surface area (Å²) in [6, 6.07) is 6.27. The number of rotatable bonds is 3. The lowest BCUT2D eigenvalue weighted by atomic mass is 10.2. The van der Waals surface area contributed by atoms with Crippen LogP contribution in [0.2, 0.25) is 0 Å². The molecule has 0 aliphatic rings. The zero-order valence-electron chi connectivity index (χ0n) is 8.77. The van der Waals surface area contributed by atoms with E-state index in [0.717, 1.165) is 5.56 Å². The fourth-order valence-electron chi connectivity index (χ4n) is 1.09. The van der Waals surface area contributed by atoms with Crippen LogP contribution in [0.25, 0.3) is 6.08 Å². The lowest BCUT2D eigenvalue weighted by Crippen LogP contribution is -2.19. The molecule has 5 heteroatoms. The predicted octanol–water partition coefficient (Wildman–Crippen LogP) is 1.36. The average molecular weight is 220 g/mol. The van der Waals surface area contributed by atoms with Crippen LogP contribution in [-0.2, 0) is 9.53 Å². The number of carbonyl (C=O) groups excluding carboxylic acids is 2. The van der Waals surface area contributed by atoms with Gasteiger partial charge in [0.05, 0.1) is 7.11 Å². The number of nitrogens with one attached hydrogen (secondary N) is 1. The maximum atomic E-state index is 10.8. The van der Waals surface area contributed by atoms with Crippen LogP contribution in [0.5, 0.6) is 0 Å². The molecule has 0 bridgehead atoms. The molecule has 3 N–H and O–H groups in total. The fraction of sp³-hybridized carbons (Fsp3) is 0.0909. The van der Waals surface area contributed by atoms with Crippen LogP contribution in [0.15, 0.2) is 30.3 Å². The number of hydrogen-bond donors (Lipinski definition) is 2. The van der Waals surface area contributed by atoms with E-state index in [4.69, 9.17) is 5.73 Å². The zero-order valence-corrected chi connectivity index (χ0v) is 8.77. The van der Waals surface area contributed by atoms with Crippen molar-refractivity contribution in [1.29, 1.82) is 0 Å². The van der Waals surface area contributed by atoms with Gasteiger partial charge in [-0.1, -0.05) is 12.1 Å². The van der Waals surface area contributed by atoms with Gasteiger partial charge in [-0.3, -0.25) is 0 Å². The molecule has 0 saturated carbocycles. The molecule has 1 aromatic carbocycles. The van der Waals surface area contributed by atoms with Gasteiger partial charge in [0.1, 0.15) is 0 Å². The highest BCUT2D eigenvalue weighted by molar-refractivity contribution is 5.89. The Morgan fingerprint density at radius 2 is 2.19 bits per heavy atom. The number of benzene rings is 1. The number of hydrogen-bond acceptors (Lipinski definition) is 3. The molecular weight excluding hydrogens is 208 g/mol. The minimum atomic E-state index is -0.630. The Balaban J connectivity index is 2.78. The maximum Gasteiger partial charge on any atom is 0.330 e. The molecule has 0 fully saturated rings. The number of esters is 1. The van der Waals surface area contributed by atoms with Crippen molar-refractivity contribution in [2.75, 3.05) is 12.4 Å². The molecule has 2 amide bonds. The van der Waals surface area contributed by atoms with Gasteiger partial charge in [0.15, 0.2) is 0 Å². The molecule has 16 heavy (non-hydrogen) atoms. The Kier molecular flexibility index (Phi) is 4.08. The van der Waals surface area contributed by atoms with E-state index >= 15 is 0 Å². The second-order valence-corrected chi connectivity index (χ2v) is 2.97. The van der Waals surface area contributed by atoms with Crippen LogP contribution in [0, 0.1) is 0 Å². The van der Waals surface area contributed by atoms with Crippen molar-refractivity contribution in [2.45, 2.75) is 0 Å². The SMILES string of the molecule is COC(=O)/C=C/c1cccc(NC(N)=O)c1. The summed E-state index contributed by atoms with van der Waals surface area (Å²) in [7, 11) is 1.30. The minimum absolute atomic E-state index is 0.437. The van der Waals surface area contributed by atoms with E-state index in [2.05, 4.69) is 10.1 Å². The molecule has 1 rings (SSSR count). The van der Waals surface area contributed by atoms with Gasteiger partial charge < -0.3 is 15.8 Å².